The average Bonchev–Trinajstić information content (AvgIpc) is 3.02. The highest BCUT2D eigenvalue weighted by atomic mass is 32.2. The van der Waals surface area contributed by atoms with E-state index in [9.17, 15) is 26.7 Å². The monoisotopic (exact) mass is 624 g/mol. The van der Waals surface area contributed by atoms with Crippen molar-refractivity contribution in [3.63, 3.8) is 0 Å². The van der Waals surface area contributed by atoms with E-state index in [0.717, 1.165) is 4.57 Å². The van der Waals surface area contributed by atoms with Gasteiger partial charge in [-0.25, -0.2) is 21.4 Å². The molecule has 0 aliphatic carbocycles. The van der Waals surface area contributed by atoms with Crippen LogP contribution in [0.5, 0.6) is 5.88 Å². The molecule has 0 radical (unpaired) electrons. The Morgan fingerprint density at radius 2 is 1.53 bits per heavy atom. The van der Waals surface area contributed by atoms with E-state index in [2.05, 4.69) is 4.99 Å². The summed E-state index contributed by atoms with van der Waals surface area (Å²) in [5.74, 6) is -0.443. The first kappa shape index (κ1) is 30.6. The van der Waals surface area contributed by atoms with E-state index in [1.54, 1.807) is 50.2 Å². The summed E-state index contributed by atoms with van der Waals surface area (Å²) < 4.78 is 61.7. The van der Waals surface area contributed by atoms with Crippen LogP contribution in [0.15, 0.2) is 92.4 Å². The molecule has 1 aromatic heterocycles. The first-order valence-electron chi connectivity index (χ1n) is 13.8. The number of morpholine rings is 1. The van der Waals surface area contributed by atoms with Gasteiger partial charge in [-0.2, -0.15) is 8.61 Å². The van der Waals surface area contributed by atoms with E-state index >= 15 is 0 Å². The summed E-state index contributed by atoms with van der Waals surface area (Å²) >= 11 is 0. The summed E-state index contributed by atoms with van der Waals surface area (Å²) in [6.45, 7) is 5.20. The highest BCUT2D eigenvalue weighted by Gasteiger charge is 2.27. The molecule has 0 spiro atoms. The van der Waals surface area contributed by atoms with E-state index < -0.39 is 31.5 Å². The van der Waals surface area contributed by atoms with Gasteiger partial charge >= 0.3 is 0 Å². The fraction of sp³-hybridized carbons (Fsp3) is 0.267. The first-order valence-corrected chi connectivity index (χ1v) is 16.7. The molecule has 1 saturated heterocycles. The fourth-order valence-electron chi connectivity index (χ4n) is 5.02. The minimum absolute atomic E-state index is 0.0123. The molecule has 4 aromatic rings. The highest BCUT2D eigenvalue weighted by Crippen LogP contribution is 2.29. The number of hydrogen-bond acceptors (Lipinski definition) is 8. The maximum atomic E-state index is 13.6. The molecule has 13 heteroatoms. The predicted octanol–water partition coefficient (Wildman–Crippen LogP) is 3.50. The standard InChI is InChI=1S/C30H32N4O7S2/c1-3-32(4-2)42(37,38)25-12-8-10-23(20-25)34-29(35)27-14-6-5-13-26(27)28(30(34)36)21-31-22-9-7-11-24(19-22)43(39,40)33-15-17-41-18-16-33/h5-14,19-21,36H,3-4,15-18H2,1-2H3. The van der Waals surface area contributed by atoms with Crippen LogP contribution in [0.25, 0.3) is 16.5 Å². The highest BCUT2D eigenvalue weighted by molar-refractivity contribution is 7.89. The van der Waals surface area contributed by atoms with Crippen LogP contribution < -0.4 is 5.56 Å². The van der Waals surface area contributed by atoms with Crippen LogP contribution in [0.2, 0.25) is 0 Å². The van der Waals surface area contributed by atoms with Gasteiger partial charge in [-0.15, -0.1) is 0 Å². The average molecular weight is 625 g/mol. The third-order valence-corrected chi connectivity index (χ3v) is 11.2. The molecule has 226 valence electrons. The van der Waals surface area contributed by atoms with E-state index in [1.807, 2.05) is 0 Å². The summed E-state index contributed by atoms with van der Waals surface area (Å²) in [5, 5.41) is 12.2. The second-order valence-corrected chi connectivity index (χ2v) is 13.7. The lowest BCUT2D eigenvalue weighted by Crippen LogP contribution is -2.40. The molecule has 1 aliphatic rings. The Bertz CT molecular complexity index is 1960. The number of hydrogen-bond donors (Lipinski definition) is 1. The lowest BCUT2D eigenvalue weighted by atomic mass is 10.1. The van der Waals surface area contributed by atoms with Crippen LogP contribution in [0.1, 0.15) is 19.4 Å². The van der Waals surface area contributed by atoms with Gasteiger partial charge in [0.05, 0.1) is 39.9 Å². The number of nitrogens with zero attached hydrogens (tertiary/aromatic N) is 4. The first-order chi connectivity index (χ1) is 20.6. The number of benzene rings is 3. The number of sulfonamides is 2. The second kappa shape index (κ2) is 12.4. The molecule has 0 saturated carbocycles. The van der Waals surface area contributed by atoms with Crippen molar-refractivity contribution in [3.05, 3.63) is 88.7 Å². The van der Waals surface area contributed by atoms with Crippen LogP contribution in [0.3, 0.4) is 0 Å². The maximum Gasteiger partial charge on any atom is 0.265 e. The van der Waals surface area contributed by atoms with Crippen molar-refractivity contribution in [2.45, 2.75) is 23.6 Å². The van der Waals surface area contributed by atoms with E-state index in [4.69, 9.17) is 4.74 Å². The number of pyridine rings is 1. The zero-order chi connectivity index (χ0) is 30.8. The van der Waals surface area contributed by atoms with Crippen molar-refractivity contribution in [3.8, 4) is 11.6 Å². The largest absolute Gasteiger partial charge is 0.494 e. The van der Waals surface area contributed by atoms with E-state index in [1.165, 1.54) is 51.2 Å². The van der Waals surface area contributed by atoms with E-state index in [0.29, 0.717) is 24.3 Å². The lowest BCUT2D eigenvalue weighted by molar-refractivity contribution is 0.0730. The van der Waals surface area contributed by atoms with Gasteiger partial charge in [-0.3, -0.25) is 9.79 Å². The maximum absolute atomic E-state index is 13.6. The fourth-order valence-corrected chi connectivity index (χ4v) is 7.97. The molecular formula is C30H32N4O7S2. The van der Waals surface area contributed by atoms with Gasteiger partial charge < -0.3 is 9.84 Å². The topological polar surface area (TPSA) is 139 Å². The minimum atomic E-state index is -3.83. The van der Waals surface area contributed by atoms with Crippen LogP contribution in [0, 0.1) is 0 Å². The molecule has 1 N–H and O–H groups in total. The van der Waals surface area contributed by atoms with Crippen molar-refractivity contribution < 1.29 is 26.7 Å². The van der Waals surface area contributed by atoms with Gasteiger partial charge in [0, 0.05) is 43.2 Å². The summed E-state index contributed by atoms with van der Waals surface area (Å²) in [6, 6.07) is 18.7. The number of fused-ring (bicyclic) bond motifs is 1. The molecule has 3 aromatic carbocycles. The number of rotatable bonds is 9. The van der Waals surface area contributed by atoms with Gasteiger partial charge in [0.25, 0.3) is 5.56 Å². The van der Waals surface area contributed by atoms with Crippen LogP contribution >= 0.6 is 0 Å². The second-order valence-electron chi connectivity index (χ2n) is 9.78. The van der Waals surface area contributed by atoms with E-state index in [-0.39, 0.29) is 52.6 Å². The Hall–Kier alpha value is -3.88. The minimum Gasteiger partial charge on any atom is -0.494 e. The zero-order valence-corrected chi connectivity index (χ0v) is 25.4. The Morgan fingerprint density at radius 3 is 2.23 bits per heavy atom. The quantitative estimate of drug-likeness (QED) is 0.281. The number of aliphatic imine (C=N–C) groups is 1. The lowest BCUT2D eigenvalue weighted by Gasteiger charge is -2.26. The molecule has 1 aliphatic heterocycles. The summed E-state index contributed by atoms with van der Waals surface area (Å²) in [7, 11) is -7.58. The van der Waals surface area contributed by atoms with Crippen molar-refractivity contribution >= 4 is 42.7 Å². The summed E-state index contributed by atoms with van der Waals surface area (Å²) in [6.07, 6.45) is 1.37. The third-order valence-electron chi connectivity index (χ3n) is 7.29. The SMILES string of the molecule is CCN(CC)S(=O)(=O)c1cccc(-n2c(O)c(C=Nc3cccc(S(=O)(=O)N4CCOCC4)c3)c3ccccc3c2=O)c1. The predicted molar refractivity (Wildman–Crippen MR) is 165 cm³/mol. The van der Waals surface area contributed by atoms with Crippen LogP contribution in [0.4, 0.5) is 5.69 Å². The van der Waals surface area contributed by atoms with Gasteiger partial charge in [-0.1, -0.05) is 44.2 Å². The Balaban J connectivity index is 1.61. The molecule has 0 atom stereocenters. The normalized spacial score (nSPS) is 15.0. The molecule has 0 unspecified atom stereocenters. The molecule has 2 heterocycles. The smallest absolute Gasteiger partial charge is 0.265 e. The van der Waals surface area contributed by atoms with Crippen molar-refractivity contribution in [1.29, 1.82) is 0 Å². The number of aromatic hydroxyl groups is 1. The molecule has 0 bridgehead atoms. The summed E-state index contributed by atoms with van der Waals surface area (Å²) in [5.41, 5.74) is 0.146. The molecule has 11 nitrogen and oxygen atoms in total. The molecule has 43 heavy (non-hydrogen) atoms. The number of ether oxygens (including phenoxy) is 1. The third kappa shape index (κ3) is 5.86. The van der Waals surface area contributed by atoms with Gasteiger partial charge in [-0.05, 0) is 42.5 Å². The van der Waals surface area contributed by atoms with Gasteiger partial charge in [0.1, 0.15) is 0 Å². The zero-order valence-electron chi connectivity index (χ0n) is 23.8. The number of aromatic nitrogens is 1. The van der Waals surface area contributed by atoms with Crippen LogP contribution in [-0.4, -0.2) is 80.7 Å². The summed E-state index contributed by atoms with van der Waals surface area (Å²) in [4.78, 5) is 18.1. The Kier molecular flexibility index (Phi) is 8.81. The Morgan fingerprint density at radius 1 is 0.884 bits per heavy atom. The van der Waals surface area contributed by atoms with Crippen LogP contribution in [-0.2, 0) is 24.8 Å². The van der Waals surface area contributed by atoms with Crippen molar-refractivity contribution in [2.24, 2.45) is 4.99 Å². The van der Waals surface area contributed by atoms with Crippen molar-refractivity contribution in [1.82, 2.24) is 13.2 Å². The molecule has 0 amide bonds. The molecule has 5 rings (SSSR count). The Labute approximate surface area is 250 Å². The van der Waals surface area contributed by atoms with Gasteiger partial charge in [0.15, 0.2) is 0 Å². The van der Waals surface area contributed by atoms with Crippen molar-refractivity contribution in [2.75, 3.05) is 39.4 Å². The van der Waals surface area contributed by atoms with Gasteiger partial charge in [0.2, 0.25) is 25.9 Å². The molecular weight excluding hydrogens is 592 g/mol. The molecule has 1 fully saturated rings.